The molecule has 0 unspecified atom stereocenters. The molecule has 0 bridgehead atoms. The molecule has 6 nitrogen and oxygen atoms in total. The average molecular weight is 201 g/mol. The van der Waals surface area contributed by atoms with Crippen LogP contribution in [0.1, 0.15) is 13.3 Å². The highest BCUT2D eigenvalue weighted by Crippen LogP contribution is 1.94. The second kappa shape index (κ2) is 5.56. The molecule has 1 saturated heterocycles. The van der Waals surface area contributed by atoms with Crippen LogP contribution >= 0.6 is 0 Å². The maximum absolute atomic E-state index is 11.2. The molecule has 80 valence electrons. The molecule has 1 aliphatic heterocycles. The highest BCUT2D eigenvalue weighted by atomic mass is 16.7. The lowest BCUT2D eigenvalue weighted by atomic mass is 10.3. The number of carbonyl (C=O) groups excluding carboxylic acids is 2. The SMILES string of the molecule is CCNCCC(=O)N[C@@H]1CONC1=O. The first-order valence-corrected chi connectivity index (χ1v) is 4.65. The van der Waals surface area contributed by atoms with Crippen LogP contribution < -0.4 is 16.1 Å². The van der Waals surface area contributed by atoms with Gasteiger partial charge in [0, 0.05) is 13.0 Å². The Morgan fingerprint density at radius 2 is 2.50 bits per heavy atom. The average Bonchev–Trinajstić information content (AvgIpc) is 2.52. The van der Waals surface area contributed by atoms with Crippen molar-refractivity contribution in [1.29, 1.82) is 0 Å². The lowest BCUT2D eigenvalue weighted by molar-refractivity contribution is -0.128. The van der Waals surface area contributed by atoms with Crippen molar-refractivity contribution in [3.05, 3.63) is 0 Å². The molecule has 2 amide bonds. The van der Waals surface area contributed by atoms with E-state index in [9.17, 15) is 9.59 Å². The molecule has 3 N–H and O–H groups in total. The van der Waals surface area contributed by atoms with Crippen molar-refractivity contribution in [3.8, 4) is 0 Å². The molecule has 0 aromatic rings. The van der Waals surface area contributed by atoms with Gasteiger partial charge in [0.25, 0.3) is 5.91 Å². The van der Waals surface area contributed by atoms with Gasteiger partial charge in [0.15, 0.2) is 0 Å². The minimum Gasteiger partial charge on any atom is -0.342 e. The summed E-state index contributed by atoms with van der Waals surface area (Å²) >= 11 is 0. The van der Waals surface area contributed by atoms with Crippen molar-refractivity contribution in [2.75, 3.05) is 19.7 Å². The Labute approximate surface area is 82.3 Å². The third-order valence-corrected chi connectivity index (χ3v) is 1.85. The second-order valence-electron chi connectivity index (χ2n) is 3.00. The molecule has 0 aliphatic carbocycles. The summed E-state index contributed by atoms with van der Waals surface area (Å²) in [6.07, 6.45) is 0.373. The maximum atomic E-state index is 11.2. The Kier molecular flexibility index (Phi) is 4.34. The predicted molar refractivity (Wildman–Crippen MR) is 49.2 cm³/mol. The predicted octanol–water partition coefficient (Wildman–Crippen LogP) is -1.47. The summed E-state index contributed by atoms with van der Waals surface area (Å²) in [5, 5.41) is 5.59. The van der Waals surface area contributed by atoms with Gasteiger partial charge in [-0.1, -0.05) is 6.92 Å². The van der Waals surface area contributed by atoms with Crippen LogP contribution in [0.15, 0.2) is 0 Å². The highest BCUT2D eigenvalue weighted by Gasteiger charge is 2.26. The van der Waals surface area contributed by atoms with Crippen LogP contribution in [0.3, 0.4) is 0 Å². The first-order chi connectivity index (χ1) is 6.74. The summed E-state index contributed by atoms with van der Waals surface area (Å²) in [7, 11) is 0. The van der Waals surface area contributed by atoms with Crippen molar-refractivity contribution < 1.29 is 14.4 Å². The Morgan fingerprint density at radius 3 is 3.07 bits per heavy atom. The topological polar surface area (TPSA) is 79.5 Å². The zero-order valence-corrected chi connectivity index (χ0v) is 8.13. The number of carbonyl (C=O) groups is 2. The van der Waals surface area contributed by atoms with Gasteiger partial charge in [-0.15, -0.1) is 0 Å². The fourth-order valence-corrected chi connectivity index (χ4v) is 1.10. The third-order valence-electron chi connectivity index (χ3n) is 1.85. The van der Waals surface area contributed by atoms with E-state index >= 15 is 0 Å². The number of rotatable bonds is 5. The van der Waals surface area contributed by atoms with Crippen LogP contribution in [0, 0.1) is 0 Å². The normalized spacial score (nSPS) is 20.6. The van der Waals surface area contributed by atoms with Gasteiger partial charge in [0.2, 0.25) is 5.91 Å². The van der Waals surface area contributed by atoms with Gasteiger partial charge in [0.05, 0.1) is 0 Å². The van der Waals surface area contributed by atoms with Crippen LogP contribution in [0.25, 0.3) is 0 Å². The van der Waals surface area contributed by atoms with Crippen molar-refractivity contribution in [3.63, 3.8) is 0 Å². The number of hydroxylamine groups is 1. The van der Waals surface area contributed by atoms with Gasteiger partial charge in [0.1, 0.15) is 12.6 Å². The standard InChI is InChI=1S/C8H15N3O3/c1-2-9-4-3-7(12)10-6-5-14-11-8(6)13/h6,9H,2-5H2,1H3,(H,10,12)(H,11,13)/t6-/m1/s1. The summed E-state index contributed by atoms with van der Waals surface area (Å²) in [6.45, 7) is 3.62. The van der Waals surface area contributed by atoms with E-state index in [0.717, 1.165) is 6.54 Å². The van der Waals surface area contributed by atoms with Crippen LogP contribution in [0.4, 0.5) is 0 Å². The lowest BCUT2D eigenvalue weighted by Gasteiger charge is -2.08. The van der Waals surface area contributed by atoms with Crippen molar-refractivity contribution in [1.82, 2.24) is 16.1 Å². The van der Waals surface area contributed by atoms with E-state index in [1.54, 1.807) is 0 Å². The number of hydrogen-bond donors (Lipinski definition) is 3. The van der Waals surface area contributed by atoms with E-state index in [1.807, 2.05) is 6.92 Å². The fraction of sp³-hybridized carbons (Fsp3) is 0.750. The molecule has 1 fully saturated rings. The zero-order chi connectivity index (χ0) is 10.4. The van der Waals surface area contributed by atoms with Crippen molar-refractivity contribution >= 4 is 11.8 Å². The molecule has 14 heavy (non-hydrogen) atoms. The molecule has 0 aromatic heterocycles. The van der Waals surface area contributed by atoms with Crippen LogP contribution in [-0.2, 0) is 14.4 Å². The number of amides is 2. The Balaban J connectivity index is 2.16. The van der Waals surface area contributed by atoms with Gasteiger partial charge in [-0.25, -0.2) is 5.48 Å². The second-order valence-corrected chi connectivity index (χ2v) is 3.00. The van der Waals surface area contributed by atoms with Gasteiger partial charge in [-0.05, 0) is 6.54 Å². The lowest BCUT2D eigenvalue weighted by Crippen LogP contribution is -2.42. The number of nitrogens with one attached hydrogen (secondary N) is 3. The van der Waals surface area contributed by atoms with Crippen LogP contribution in [0.5, 0.6) is 0 Å². The van der Waals surface area contributed by atoms with Crippen LogP contribution in [-0.4, -0.2) is 37.6 Å². The number of hydrogen-bond acceptors (Lipinski definition) is 4. The monoisotopic (exact) mass is 201 g/mol. The van der Waals surface area contributed by atoms with Crippen molar-refractivity contribution in [2.45, 2.75) is 19.4 Å². The van der Waals surface area contributed by atoms with Crippen LogP contribution in [0.2, 0.25) is 0 Å². The minimum atomic E-state index is -0.538. The minimum absolute atomic E-state index is 0.142. The molecule has 0 spiro atoms. The fourth-order valence-electron chi connectivity index (χ4n) is 1.10. The Bertz CT molecular complexity index is 220. The van der Waals surface area contributed by atoms with Crippen molar-refractivity contribution in [2.24, 2.45) is 0 Å². The molecule has 0 saturated carbocycles. The molecule has 0 radical (unpaired) electrons. The van der Waals surface area contributed by atoms with Gasteiger partial charge < -0.3 is 10.6 Å². The molecule has 1 heterocycles. The Hall–Kier alpha value is -1.14. The zero-order valence-electron chi connectivity index (χ0n) is 8.13. The summed E-state index contributed by atoms with van der Waals surface area (Å²) in [6, 6.07) is -0.538. The van der Waals surface area contributed by atoms with Gasteiger partial charge >= 0.3 is 0 Å². The van der Waals surface area contributed by atoms with E-state index < -0.39 is 6.04 Å². The molecule has 1 aliphatic rings. The summed E-state index contributed by atoms with van der Waals surface area (Å²) in [5.41, 5.74) is 2.17. The Morgan fingerprint density at radius 1 is 1.71 bits per heavy atom. The van der Waals surface area contributed by atoms with E-state index in [0.29, 0.717) is 13.0 Å². The van der Waals surface area contributed by atoms with E-state index in [1.165, 1.54) is 0 Å². The molecule has 1 atom stereocenters. The molecular weight excluding hydrogens is 186 g/mol. The van der Waals surface area contributed by atoms with E-state index in [4.69, 9.17) is 0 Å². The molecule has 0 aromatic carbocycles. The molecule has 6 heteroatoms. The molecule has 1 rings (SSSR count). The smallest absolute Gasteiger partial charge is 0.268 e. The van der Waals surface area contributed by atoms with Gasteiger partial charge in [-0.3, -0.25) is 14.4 Å². The molecular formula is C8H15N3O3. The highest BCUT2D eigenvalue weighted by molar-refractivity contribution is 5.88. The maximum Gasteiger partial charge on any atom is 0.268 e. The first kappa shape index (κ1) is 10.9. The van der Waals surface area contributed by atoms with E-state index in [2.05, 4.69) is 21.0 Å². The first-order valence-electron chi connectivity index (χ1n) is 4.65. The largest absolute Gasteiger partial charge is 0.342 e. The van der Waals surface area contributed by atoms with Gasteiger partial charge in [-0.2, -0.15) is 0 Å². The summed E-state index contributed by atoms with van der Waals surface area (Å²) in [4.78, 5) is 26.9. The van der Waals surface area contributed by atoms with E-state index in [-0.39, 0.29) is 18.4 Å². The summed E-state index contributed by atoms with van der Waals surface area (Å²) < 4.78 is 0. The summed E-state index contributed by atoms with van der Waals surface area (Å²) in [5.74, 6) is -0.432. The quantitative estimate of drug-likeness (QED) is 0.475. The third kappa shape index (κ3) is 3.31.